The summed E-state index contributed by atoms with van der Waals surface area (Å²) in [5.41, 5.74) is 0.832. The zero-order valence-corrected chi connectivity index (χ0v) is 12.2. The summed E-state index contributed by atoms with van der Waals surface area (Å²) in [7, 11) is -2.10. The predicted octanol–water partition coefficient (Wildman–Crippen LogP) is 1.69. The van der Waals surface area contributed by atoms with Crippen molar-refractivity contribution >= 4 is 31.9 Å². The molecule has 0 saturated heterocycles. The van der Waals surface area contributed by atoms with Crippen LogP contribution >= 0.6 is 15.9 Å². The molecule has 0 aliphatic heterocycles. The zero-order chi connectivity index (χ0) is 13.8. The van der Waals surface area contributed by atoms with Gasteiger partial charge in [-0.05, 0) is 11.6 Å². The first-order chi connectivity index (χ1) is 8.33. The van der Waals surface area contributed by atoms with Crippen molar-refractivity contribution in [1.29, 1.82) is 0 Å². The maximum absolute atomic E-state index is 11.8. The van der Waals surface area contributed by atoms with Crippen LogP contribution in [0.2, 0.25) is 0 Å². The second-order valence-electron chi connectivity index (χ2n) is 3.81. The van der Waals surface area contributed by atoms with Crippen LogP contribution in [0.25, 0.3) is 0 Å². The van der Waals surface area contributed by atoms with Gasteiger partial charge in [0.25, 0.3) is 0 Å². The smallest absolute Gasteiger partial charge is 0.304 e. The SMILES string of the molecule is CN(Cc1ccccc1Br)S(=O)(=O)CCC(=O)O. The molecule has 1 N–H and O–H groups in total. The molecule has 100 valence electrons. The number of nitrogens with zero attached hydrogens (tertiary/aromatic N) is 1. The van der Waals surface area contributed by atoms with Crippen molar-refractivity contribution in [3.63, 3.8) is 0 Å². The average molecular weight is 336 g/mol. The number of carboxylic acid groups (broad SMARTS) is 1. The maximum Gasteiger partial charge on any atom is 0.304 e. The first kappa shape index (κ1) is 15.1. The molecule has 18 heavy (non-hydrogen) atoms. The Balaban J connectivity index is 2.73. The van der Waals surface area contributed by atoms with Crippen LogP contribution in [0, 0.1) is 0 Å². The lowest BCUT2D eigenvalue weighted by Gasteiger charge is -2.17. The number of halogens is 1. The molecule has 0 aromatic heterocycles. The number of sulfonamides is 1. The Kier molecular flexibility index (Phi) is 5.30. The number of benzene rings is 1. The minimum atomic E-state index is -3.54. The molecule has 0 saturated carbocycles. The van der Waals surface area contributed by atoms with E-state index in [-0.39, 0.29) is 18.7 Å². The summed E-state index contributed by atoms with van der Waals surface area (Å²) in [6.07, 6.45) is -0.386. The Morgan fingerprint density at radius 2 is 2.00 bits per heavy atom. The fourth-order valence-electron chi connectivity index (χ4n) is 1.34. The lowest BCUT2D eigenvalue weighted by atomic mass is 10.2. The van der Waals surface area contributed by atoms with Crippen LogP contribution in [-0.2, 0) is 21.4 Å². The Hall–Kier alpha value is -0.920. The third-order valence-electron chi connectivity index (χ3n) is 2.40. The van der Waals surface area contributed by atoms with Gasteiger partial charge in [0.1, 0.15) is 0 Å². The summed E-state index contributed by atoms with van der Waals surface area (Å²) in [5, 5.41) is 8.50. The Labute approximate surface area is 115 Å². The maximum atomic E-state index is 11.8. The molecule has 0 bridgehead atoms. The molecule has 0 spiro atoms. The monoisotopic (exact) mass is 335 g/mol. The van der Waals surface area contributed by atoms with Crippen molar-refractivity contribution < 1.29 is 18.3 Å². The zero-order valence-electron chi connectivity index (χ0n) is 9.84. The summed E-state index contributed by atoms with van der Waals surface area (Å²) >= 11 is 3.34. The first-order valence-corrected chi connectivity index (χ1v) is 7.62. The van der Waals surface area contributed by atoms with Gasteiger partial charge in [-0.2, -0.15) is 0 Å². The summed E-state index contributed by atoms with van der Waals surface area (Å²) in [4.78, 5) is 10.4. The number of aliphatic carboxylic acids is 1. The van der Waals surface area contributed by atoms with Crippen molar-refractivity contribution in [1.82, 2.24) is 4.31 Å². The third-order valence-corrected chi connectivity index (χ3v) is 4.97. The van der Waals surface area contributed by atoms with Gasteiger partial charge in [-0.1, -0.05) is 34.1 Å². The topological polar surface area (TPSA) is 74.7 Å². The number of carboxylic acids is 1. The van der Waals surface area contributed by atoms with Gasteiger partial charge in [0.2, 0.25) is 10.0 Å². The quantitative estimate of drug-likeness (QED) is 0.858. The number of carbonyl (C=O) groups is 1. The van der Waals surface area contributed by atoms with Gasteiger partial charge in [-0.15, -0.1) is 0 Å². The van der Waals surface area contributed by atoms with Crippen molar-refractivity contribution in [2.45, 2.75) is 13.0 Å². The van der Waals surface area contributed by atoms with Crippen LogP contribution in [0.3, 0.4) is 0 Å². The lowest BCUT2D eigenvalue weighted by Crippen LogP contribution is -2.29. The van der Waals surface area contributed by atoms with Crippen molar-refractivity contribution in [2.24, 2.45) is 0 Å². The van der Waals surface area contributed by atoms with Crippen LogP contribution in [0.1, 0.15) is 12.0 Å². The highest BCUT2D eigenvalue weighted by Crippen LogP contribution is 2.18. The van der Waals surface area contributed by atoms with E-state index in [1.54, 1.807) is 0 Å². The minimum Gasteiger partial charge on any atom is -0.481 e. The summed E-state index contributed by atoms with van der Waals surface area (Å²) in [6, 6.07) is 7.30. The van der Waals surface area contributed by atoms with E-state index in [2.05, 4.69) is 15.9 Å². The van der Waals surface area contributed by atoms with Crippen molar-refractivity contribution in [3.05, 3.63) is 34.3 Å². The second-order valence-corrected chi connectivity index (χ2v) is 6.86. The molecule has 0 amide bonds. The van der Waals surface area contributed by atoms with Crippen LogP contribution in [0.4, 0.5) is 0 Å². The number of hydrogen-bond acceptors (Lipinski definition) is 3. The van der Waals surface area contributed by atoms with E-state index in [9.17, 15) is 13.2 Å². The van der Waals surface area contributed by atoms with E-state index in [1.165, 1.54) is 7.05 Å². The highest BCUT2D eigenvalue weighted by Gasteiger charge is 2.19. The van der Waals surface area contributed by atoms with Gasteiger partial charge in [-0.25, -0.2) is 12.7 Å². The van der Waals surface area contributed by atoms with E-state index in [0.29, 0.717) is 0 Å². The van der Waals surface area contributed by atoms with Crippen LogP contribution < -0.4 is 0 Å². The standard InChI is InChI=1S/C11H14BrNO4S/c1-13(18(16,17)7-6-11(14)15)8-9-4-2-3-5-10(9)12/h2-5H,6-8H2,1H3,(H,14,15). The van der Waals surface area contributed by atoms with E-state index in [0.717, 1.165) is 14.3 Å². The van der Waals surface area contributed by atoms with Gasteiger partial charge < -0.3 is 5.11 Å². The largest absolute Gasteiger partial charge is 0.481 e. The normalized spacial score (nSPS) is 11.7. The Bertz CT molecular complexity index is 530. The van der Waals surface area contributed by atoms with Gasteiger partial charge in [0, 0.05) is 18.1 Å². The Morgan fingerprint density at radius 3 is 2.56 bits per heavy atom. The summed E-state index contributed by atoms with van der Waals surface area (Å²) < 4.78 is 25.6. The van der Waals surface area contributed by atoms with E-state index in [4.69, 9.17) is 5.11 Å². The molecular weight excluding hydrogens is 322 g/mol. The fraction of sp³-hybridized carbons (Fsp3) is 0.364. The summed E-state index contributed by atoms with van der Waals surface area (Å²) in [5.74, 6) is -1.50. The highest BCUT2D eigenvalue weighted by atomic mass is 79.9. The molecule has 1 aromatic carbocycles. The molecule has 5 nitrogen and oxygen atoms in total. The molecule has 0 atom stereocenters. The molecule has 0 fully saturated rings. The van der Waals surface area contributed by atoms with Gasteiger partial charge in [0.15, 0.2) is 0 Å². The first-order valence-electron chi connectivity index (χ1n) is 5.22. The van der Waals surface area contributed by atoms with E-state index < -0.39 is 16.0 Å². The molecule has 1 aromatic rings. The highest BCUT2D eigenvalue weighted by molar-refractivity contribution is 9.10. The molecule has 0 heterocycles. The van der Waals surface area contributed by atoms with Crippen LogP contribution in [0.15, 0.2) is 28.7 Å². The average Bonchev–Trinajstić information content (AvgIpc) is 2.29. The third kappa shape index (κ3) is 4.40. The summed E-state index contributed by atoms with van der Waals surface area (Å²) in [6.45, 7) is 0.212. The van der Waals surface area contributed by atoms with Gasteiger partial charge in [-0.3, -0.25) is 4.79 Å². The number of rotatable bonds is 6. The van der Waals surface area contributed by atoms with E-state index in [1.807, 2.05) is 24.3 Å². The van der Waals surface area contributed by atoms with Crippen molar-refractivity contribution in [2.75, 3.05) is 12.8 Å². The van der Waals surface area contributed by atoms with Gasteiger partial charge >= 0.3 is 5.97 Å². The molecule has 7 heteroatoms. The Morgan fingerprint density at radius 1 is 1.39 bits per heavy atom. The molecule has 1 rings (SSSR count). The van der Waals surface area contributed by atoms with Crippen LogP contribution in [-0.4, -0.2) is 36.6 Å². The second kappa shape index (κ2) is 6.31. The predicted molar refractivity (Wildman–Crippen MR) is 71.6 cm³/mol. The fourth-order valence-corrected chi connectivity index (χ4v) is 2.83. The van der Waals surface area contributed by atoms with Crippen LogP contribution in [0.5, 0.6) is 0 Å². The lowest BCUT2D eigenvalue weighted by molar-refractivity contribution is -0.136. The molecule has 0 radical (unpaired) electrons. The molecule has 0 aliphatic carbocycles. The molecular formula is C11H14BrNO4S. The van der Waals surface area contributed by atoms with Crippen molar-refractivity contribution in [3.8, 4) is 0 Å². The van der Waals surface area contributed by atoms with Gasteiger partial charge in [0.05, 0.1) is 12.2 Å². The molecule has 0 aliphatic rings. The number of hydrogen-bond donors (Lipinski definition) is 1. The minimum absolute atomic E-state index is 0.212. The van der Waals surface area contributed by atoms with E-state index >= 15 is 0 Å². The molecule has 0 unspecified atom stereocenters.